The lowest BCUT2D eigenvalue weighted by atomic mass is 9.87. The number of piperidine rings is 1. The minimum atomic E-state index is 0.0270. The molecule has 0 aromatic carbocycles. The number of aromatic nitrogens is 1. The zero-order valence-electron chi connectivity index (χ0n) is 14.0. The Morgan fingerprint density at radius 2 is 2.05 bits per heavy atom. The van der Waals surface area contributed by atoms with E-state index in [4.69, 9.17) is 9.72 Å². The molecule has 0 amide bonds. The molecular weight excluding hydrogens is 282 g/mol. The summed E-state index contributed by atoms with van der Waals surface area (Å²) in [6, 6.07) is 0. The van der Waals surface area contributed by atoms with E-state index in [1.165, 1.54) is 10.7 Å². The predicted molar refractivity (Wildman–Crippen MR) is 89.1 cm³/mol. The van der Waals surface area contributed by atoms with Gasteiger partial charge in [0.15, 0.2) is 0 Å². The van der Waals surface area contributed by atoms with Crippen molar-refractivity contribution >= 4 is 11.3 Å². The second-order valence-corrected chi connectivity index (χ2v) is 7.95. The Morgan fingerprint density at radius 1 is 1.38 bits per heavy atom. The number of rotatable bonds is 5. The molecule has 120 valence electrons. The fraction of sp³-hybridized carbons (Fsp3) is 0.812. The third-order valence-electron chi connectivity index (χ3n) is 4.29. The van der Waals surface area contributed by atoms with Gasteiger partial charge in [-0.1, -0.05) is 20.8 Å². The van der Waals surface area contributed by atoms with E-state index in [0.29, 0.717) is 0 Å². The van der Waals surface area contributed by atoms with Crippen LogP contribution in [0.3, 0.4) is 0 Å². The zero-order valence-corrected chi connectivity index (χ0v) is 14.8. The van der Waals surface area contributed by atoms with Crippen LogP contribution in [0.25, 0.3) is 0 Å². The first kappa shape index (κ1) is 16.9. The second-order valence-electron chi connectivity index (χ2n) is 7.09. The molecule has 1 aliphatic heterocycles. The second kappa shape index (κ2) is 6.73. The summed E-state index contributed by atoms with van der Waals surface area (Å²) in [5, 5.41) is 7.21. The first-order valence-electron chi connectivity index (χ1n) is 7.76. The summed E-state index contributed by atoms with van der Waals surface area (Å²) in [5.74, 6) is 0. The van der Waals surface area contributed by atoms with Crippen LogP contribution in [0.2, 0.25) is 0 Å². The lowest BCUT2D eigenvalue weighted by Crippen LogP contribution is -2.51. The van der Waals surface area contributed by atoms with Gasteiger partial charge in [0, 0.05) is 37.5 Å². The Hall–Kier alpha value is -0.490. The van der Waals surface area contributed by atoms with Gasteiger partial charge in [0.25, 0.3) is 0 Å². The number of ether oxygens (including phenoxy) is 1. The normalized spacial score (nSPS) is 19.9. The summed E-state index contributed by atoms with van der Waals surface area (Å²) in [5.41, 5.74) is 1.35. The molecule has 1 aromatic rings. The minimum absolute atomic E-state index is 0.0270. The van der Waals surface area contributed by atoms with Crippen LogP contribution < -0.4 is 5.32 Å². The van der Waals surface area contributed by atoms with Gasteiger partial charge in [-0.25, -0.2) is 4.98 Å². The van der Waals surface area contributed by atoms with E-state index in [2.05, 4.69) is 43.4 Å². The van der Waals surface area contributed by atoms with E-state index in [9.17, 15) is 0 Å². The van der Waals surface area contributed by atoms with Gasteiger partial charge in [-0.3, -0.25) is 0 Å². The molecule has 0 atom stereocenters. The van der Waals surface area contributed by atoms with E-state index in [1.54, 1.807) is 7.11 Å². The Labute approximate surface area is 132 Å². The molecule has 0 radical (unpaired) electrons. The largest absolute Gasteiger partial charge is 0.383 e. The molecule has 1 aliphatic rings. The van der Waals surface area contributed by atoms with Gasteiger partial charge < -0.3 is 15.0 Å². The fourth-order valence-corrected chi connectivity index (χ4v) is 3.98. The Bertz CT molecular complexity index is 445. The van der Waals surface area contributed by atoms with Crippen molar-refractivity contribution in [3.63, 3.8) is 0 Å². The van der Waals surface area contributed by atoms with E-state index in [-0.39, 0.29) is 11.0 Å². The van der Waals surface area contributed by atoms with Gasteiger partial charge in [0.1, 0.15) is 5.01 Å². The van der Waals surface area contributed by atoms with Crippen molar-refractivity contribution in [2.45, 2.75) is 44.6 Å². The van der Waals surface area contributed by atoms with Crippen LogP contribution in [0.4, 0.5) is 0 Å². The number of nitrogens with one attached hydrogen (secondary N) is 1. The molecule has 0 saturated carbocycles. The fourth-order valence-electron chi connectivity index (χ4n) is 2.70. The van der Waals surface area contributed by atoms with Gasteiger partial charge in [-0.2, -0.15) is 0 Å². The Morgan fingerprint density at radius 3 is 2.57 bits per heavy atom. The number of hydrogen-bond donors (Lipinski definition) is 1. The average Bonchev–Trinajstić information content (AvgIpc) is 2.92. The molecule has 0 bridgehead atoms. The van der Waals surface area contributed by atoms with E-state index in [0.717, 1.165) is 39.1 Å². The smallest absolute Gasteiger partial charge is 0.113 e. The molecule has 2 rings (SSSR count). The van der Waals surface area contributed by atoms with Gasteiger partial charge >= 0.3 is 0 Å². The summed E-state index contributed by atoms with van der Waals surface area (Å²) >= 11 is 1.81. The number of likely N-dealkylation sites (tertiary alicyclic amines) is 1. The summed E-state index contributed by atoms with van der Waals surface area (Å²) in [6.07, 6.45) is 2.23. The van der Waals surface area contributed by atoms with Gasteiger partial charge in [-0.15, -0.1) is 11.3 Å². The van der Waals surface area contributed by atoms with Crippen molar-refractivity contribution in [2.75, 3.05) is 40.4 Å². The average molecular weight is 311 g/mol. The van der Waals surface area contributed by atoms with Crippen molar-refractivity contribution in [3.05, 3.63) is 16.1 Å². The quantitative estimate of drug-likeness (QED) is 0.848. The molecule has 21 heavy (non-hydrogen) atoms. The standard InChI is InChI=1S/C16H29N3OS/c1-15(2,3)13-12-21-14(18-13)16(17-8-11-20-5)6-9-19(4)10-7-16/h12,17H,6-11H2,1-5H3. The van der Waals surface area contributed by atoms with Crippen molar-refractivity contribution in [1.29, 1.82) is 0 Å². The van der Waals surface area contributed by atoms with Gasteiger partial charge in [0.2, 0.25) is 0 Å². The molecule has 4 nitrogen and oxygen atoms in total. The molecule has 1 aromatic heterocycles. The Kier molecular flexibility index (Phi) is 5.41. The zero-order chi connectivity index (χ0) is 15.5. The Balaban J connectivity index is 2.20. The third-order valence-corrected chi connectivity index (χ3v) is 5.34. The number of hydrogen-bond acceptors (Lipinski definition) is 5. The van der Waals surface area contributed by atoms with Crippen LogP contribution in [0.1, 0.15) is 44.3 Å². The molecule has 0 unspecified atom stereocenters. The lowest BCUT2D eigenvalue weighted by molar-refractivity contribution is 0.134. The molecule has 0 spiro atoms. The SMILES string of the molecule is COCCNC1(c2nc(C(C)(C)C)cs2)CCN(C)CC1. The maximum atomic E-state index is 5.20. The van der Waals surface area contributed by atoms with Crippen molar-refractivity contribution in [3.8, 4) is 0 Å². The van der Waals surface area contributed by atoms with Gasteiger partial charge in [0.05, 0.1) is 17.8 Å². The molecule has 1 fully saturated rings. The van der Waals surface area contributed by atoms with Gasteiger partial charge in [-0.05, 0) is 19.9 Å². The minimum Gasteiger partial charge on any atom is -0.383 e. The maximum Gasteiger partial charge on any atom is 0.113 e. The van der Waals surface area contributed by atoms with E-state index in [1.807, 2.05) is 11.3 Å². The van der Waals surface area contributed by atoms with Crippen LogP contribution in [0.15, 0.2) is 5.38 Å². The van der Waals surface area contributed by atoms with Crippen molar-refractivity contribution in [2.24, 2.45) is 0 Å². The van der Waals surface area contributed by atoms with Crippen molar-refractivity contribution < 1.29 is 4.74 Å². The first-order chi connectivity index (χ1) is 9.87. The number of thiazole rings is 1. The summed E-state index contributed by atoms with van der Waals surface area (Å²) < 4.78 is 5.20. The van der Waals surface area contributed by atoms with Crippen LogP contribution >= 0.6 is 11.3 Å². The van der Waals surface area contributed by atoms with Crippen LogP contribution in [-0.2, 0) is 15.7 Å². The molecule has 1 N–H and O–H groups in total. The topological polar surface area (TPSA) is 37.4 Å². The van der Waals surface area contributed by atoms with Crippen molar-refractivity contribution in [1.82, 2.24) is 15.2 Å². The lowest BCUT2D eigenvalue weighted by Gasteiger charge is -2.40. The molecule has 5 heteroatoms. The monoisotopic (exact) mass is 311 g/mol. The maximum absolute atomic E-state index is 5.20. The summed E-state index contributed by atoms with van der Waals surface area (Å²) in [6.45, 7) is 10.5. The number of methoxy groups -OCH3 is 1. The first-order valence-corrected chi connectivity index (χ1v) is 8.64. The van der Waals surface area contributed by atoms with Crippen LogP contribution in [0.5, 0.6) is 0 Å². The molecule has 2 heterocycles. The van der Waals surface area contributed by atoms with Crippen LogP contribution in [0, 0.1) is 0 Å². The molecule has 1 saturated heterocycles. The highest BCUT2D eigenvalue weighted by atomic mass is 32.1. The van der Waals surface area contributed by atoms with E-state index >= 15 is 0 Å². The van der Waals surface area contributed by atoms with Crippen LogP contribution in [-0.4, -0.2) is 50.3 Å². The number of nitrogens with zero attached hydrogens (tertiary/aromatic N) is 2. The highest BCUT2D eigenvalue weighted by Crippen LogP contribution is 2.36. The summed E-state index contributed by atoms with van der Waals surface area (Å²) in [7, 11) is 3.95. The van der Waals surface area contributed by atoms with E-state index < -0.39 is 0 Å². The third kappa shape index (κ3) is 4.03. The molecule has 0 aliphatic carbocycles. The highest BCUT2D eigenvalue weighted by Gasteiger charge is 2.38. The highest BCUT2D eigenvalue weighted by molar-refractivity contribution is 7.09. The molecular formula is C16H29N3OS. The predicted octanol–water partition coefficient (Wildman–Crippen LogP) is 2.60. The summed E-state index contributed by atoms with van der Waals surface area (Å²) in [4.78, 5) is 7.38.